The van der Waals surface area contributed by atoms with Crippen LogP contribution in [0.25, 0.3) is 16.6 Å². The predicted molar refractivity (Wildman–Crippen MR) is 162 cm³/mol. The van der Waals surface area contributed by atoms with Crippen LogP contribution < -0.4 is 20.5 Å². The smallest absolute Gasteiger partial charge is 0.266 e. The molecule has 4 aromatic carbocycles. The van der Waals surface area contributed by atoms with Gasteiger partial charge in [0.2, 0.25) is 0 Å². The number of hydrogen-bond donors (Lipinski definition) is 1. The van der Waals surface area contributed by atoms with E-state index in [1.165, 1.54) is 22.5 Å². The van der Waals surface area contributed by atoms with Crippen LogP contribution in [-0.4, -0.2) is 34.5 Å². The summed E-state index contributed by atoms with van der Waals surface area (Å²) in [6, 6.07) is 30.0. The molecular formula is C32H28N4O4S. The largest absolute Gasteiger partial charge is 0.493 e. The van der Waals surface area contributed by atoms with Gasteiger partial charge in [0.15, 0.2) is 16.7 Å². The number of para-hydroxylation sites is 1. The number of carbonyl (C=O) groups is 1. The minimum Gasteiger partial charge on any atom is -0.493 e. The highest BCUT2D eigenvalue weighted by Gasteiger charge is 2.15. The maximum absolute atomic E-state index is 13.4. The summed E-state index contributed by atoms with van der Waals surface area (Å²) in [5, 5.41) is 5.04. The van der Waals surface area contributed by atoms with E-state index >= 15 is 0 Å². The number of hydrogen-bond acceptors (Lipinski definition) is 7. The number of hydrazone groups is 1. The molecule has 0 radical (unpaired) electrons. The van der Waals surface area contributed by atoms with Crippen LogP contribution in [0.15, 0.2) is 112 Å². The van der Waals surface area contributed by atoms with Crippen LogP contribution in [0.2, 0.25) is 0 Å². The predicted octanol–water partition coefficient (Wildman–Crippen LogP) is 5.52. The summed E-state index contributed by atoms with van der Waals surface area (Å²) < 4.78 is 12.9. The number of aromatic nitrogens is 2. The Labute approximate surface area is 241 Å². The Hall–Kier alpha value is -4.89. The third-order valence-electron chi connectivity index (χ3n) is 6.20. The molecule has 0 saturated heterocycles. The number of nitrogens with zero attached hydrogens (tertiary/aromatic N) is 3. The van der Waals surface area contributed by atoms with Crippen LogP contribution in [0.1, 0.15) is 16.7 Å². The molecule has 0 saturated carbocycles. The maximum Gasteiger partial charge on any atom is 0.266 e. The number of benzene rings is 4. The molecule has 0 spiro atoms. The summed E-state index contributed by atoms with van der Waals surface area (Å²) >= 11 is 1.17. The highest BCUT2D eigenvalue weighted by atomic mass is 32.2. The Morgan fingerprint density at radius 3 is 2.51 bits per heavy atom. The quantitative estimate of drug-likeness (QED) is 0.104. The first kappa shape index (κ1) is 27.7. The molecule has 0 aliphatic carbocycles. The third kappa shape index (κ3) is 6.82. The Kier molecular flexibility index (Phi) is 8.76. The van der Waals surface area contributed by atoms with Crippen molar-refractivity contribution in [3.05, 3.63) is 124 Å². The van der Waals surface area contributed by atoms with Crippen molar-refractivity contribution < 1.29 is 14.3 Å². The molecule has 1 N–H and O–H groups in total. The monoisotopic (exact) mass is 564 g/mol. The average Bonchev–Trinajstić information content (AvgIpc) is 3.00. The molecule has 0 bridgehead atoms. The van der Waals surface area contributed by atoms with Gasteiger partial charge in [-0.25, -0.2) is 10.4 Å². The van der Waals surface area contributed by atoms with Crippen LogP contribution in [0, 0.1) is 6.92 Å². The van der Waals surface area contributed by atoms with E-state index in [0.29, 0.717) is 39.9 Å². The van der Waals surface area contributed by atoms with Gasteiger partial charge in [-0.15, -0.1) is 0 Å². The fraction of sp³-hybridized carbons (Fsp3) is 0.125. The number of amides is 1. The molecule has 0 aliphatic rings. The van der Waals surface area contributed by atoms with E-state index in [1.807, 2.05) is 79.7 Å². The number of thioether (sulfide) groups is 1. The van der Waals surface area contributed by atoms with Crippen molar-refractivity contribution in [2.45, 2.75) is 18.7 Å². The van der Waals surface area contributed by atoms with Gasteiger partial charge in [0.05, 0.1) is 35.7 Å². The first-order valence-electron chi connectivity index (χ1n) is 12.9. The Morgan fingerprint density at radius 1 is 0.976 bits per heavy atom. The molecule has 9 heteroatoms. The van der Waals surface area contributed by atoms with Gasteiger partial charge < -0.3 is 9.47 Å². The molecule has 5 rings (SSSR count). The molecule has 1 aromatic heterocycles. The number of aryl methyl sites for hydroxylation is 1. The standard InChI is InChI=1S/C32H28N4O4S/c1-22-12-15-25(16-13-22)36-31(38)26-10-6-7-11-27(26)34-32(36)41-21-30(37)35-33-19-24-14-17-28(39-2)29(18-24)40-20-23-8-4-3-5-9-23/h3-19H,20-21H2,1-2H3,(H,35,37). The maximum atomic E-state index is 13.4. The lowest BCUT2D eigenvalue weighted by Gasteiger charge is -2.13. The Bertz CT molecular complexity index is 1750. The van der Waals surface area contributed by atoms with Gasteiger partial charge in [0, 0.05) is 0 Å². The summed E-state index contributed by atoms with van der Waals surface area (Å²) in [4.78, 5) is 30.7. The average molecular weight is 565 g/mol. The first-order valence-corrected chi connectivity index (χ1v) is 13.9. The van der Waals surface area contributed by atoms with Gasteiger partial charge in [-0.2, -0.15) is 5.10 Å². The zero-order valence-electron chi connectivity index (χ0n) is 22.6. The summed E-state index contributed by atoms with van der Waals surface area (Å²) in [7, 11) is 1.58. The van der Waals surface area contributed by atoms with Crippen LogP contribution in [0.5, 0.6) is 11.5 Å². The molecule has 0 atom stereocenters. The van der Waals surface area contributed by atoms with Gasteiger partial charge in [-0.3, -0.25) is 14.2 Å². The van der Waals surface area contributed by atoms with Crippen molar-refractivity contribution in [1.29, 1.82) is 0 Å². The highest BCUT2D eigenvalue weighted by Crippen LogP contribution is 2.28. The number of carbonyl (C=O) groups excluding carboxylic acids is 1. The lowest BCUT2D eigenvalue weighted by molar-refractivity contribution is -0.118. The SMILES string of the molecule is COc1ccc(C=NNC(=O)CSc2nc3ccccc3c(=O)n2-c2ccc(C)cc2)cc1OCc1ccccc1. The van der Waals surface area contributed by atoms with Crippen molar-refractivity contribution in [2.24, 2.45) is 5.10 Å². The van der Waals surface area contributed by atoms with Crippen molar-refractivity contribution in [1.82, 2.24) is 15.0 Å². The fourth-order valence-corrected chi connectivity index (χ4v) is 4.90. The van der Waals surface area contributed by atoms with Gasteiger partial charge in [-0.1, -0.05) is 71.9 Å². The molecule has 5 aromatic rings. The number of ether oxygens (including phenoxy) is 2. The minimum absolute atomic E-state index is 0.0159. The van der Waals surface area contributed by atoms with Gasteiger partial charge in [-0.05, 0) is 60.5 Å². The Balaban J connectivity index is 1.27. The zero-order valence-corrected chi connectivity index (χ0v) is 23.4. The van der Waals surface area contributed by atoms with Crippen LogP contribution >= 0.6 is 11.8 Å². The molecule has 8 nitrogen and oxygen atoms in total. The lowest BCUT2D eigenvalue weighted by atomic mass is 10.2. The molecule has 0 aliphatic heterocycles. The fourth-order valence-electron chi connectivity index (χ4n) is 4.09. The second-order valence-electron chi connectivity index (χ2n) is 9.15. The second-order valence-corrected chi connectivity index (χ2v) is 10.1. The minimum atomic E-state index is -0.335. The molecular weight excluding hydrogens is 536 g/mol. The lowest BCUT2D eigenvalue weighted by Crippen LogP contribution is -2.24. The van der Waals surface area contributed by atoms with Crippen LogP contribution in [-0.2, 0) is 11.4 Å². The van der Waals surface area contributed by atoms with E-state index in [2.05, 4.69) is 15.5 Å². The number of nitrogens with one attached hydrogen (secondary N) is 1. The van der Waals surface area contributed by atoms with E-state index in [0.717, 1.165) is 16.7 Å². The molecule has 0 fully saturated rings. The molecule has 0 unspecified atom stereocenters. The second kappa shape index (κ2) is 13.0. The van der Waals surface area contributed by atoms with Crippen LogP contribution in [0.3, 0.4) is 0 Å². The van der Waals surface area contributed by atoms with Gasteiger partial charge in [0.25, 0.3) is 11.5 Å². The molecule has 206 valence electrons. The van der Waals surface area contributed by atoms with Crippen molar-refractivity contribution in [3.8, 4) is 17.2 Å². The van der Waals surface area contributed by atoms with E-state index in [1.54, 1.807) is 31.4 Å². The highest BCUT2D eigenvalue weighted by molar-refractivity contribution is 7.99. The van der Waals surface area contributed by atoms with Gasteiger partial charge >= 0.3 is 0 Å². The summed E-state index contributed by atoms with van der Waals surface area (Å²) in [5.74, 6) is 0.847. The van der Waals surface area contributed by atoms with Crippen molar-refractivity contribution in [2.75, 3.05) is 12.9 Å². The topological polar surface area (TPSA) is 94.8 Å². The van der Waals surface area contributed by atoms with E-state index in [4.69, 9.17) is 9.47 Å². The van der Waals surface area contributed by atoms with Gasteiger partial charge in [0.1, 0.15) is 6.61 Å². The molecule has 1 amide bonds. The van der Waals surface area contributed by atoms with Crippen LogP contribution in [0.4, 0.5) is 0 Å². The summed E-state index contributed by atoms with van der Waals surface area (Å²) in [5.41, 5.74) is 6.46. The van der Waals surface area contributed by atoms with E-state index in [-0.39, 0.29) is 17.2 Å². The Morgan fingerprint density at radius 2 is 1.73 bits per heavy atom. The number of fused-ring (bicyclic) bond motifs is 1. The summed E-state index contributed by atoms with van der Waals surface area (Å²) in [6.07, 6.45) is 1.54. The normalized spacial score (nSPS) is 11.1. The van der Waals surface area contributed by atoms with Crippen molar-refractivity contribution >= 4 is 34.8 Å². The molecule has 1 heterocycles. The summed E-state index contributed by atoms with van der Waals surface area (Å²) in [6.45, 7) is 2.37. The van der Waals surface area contributed by atoms with E-state index < -0.39 is 0 Å². The van der Waals surface area contributed by atoms with E-state index in [9.17, 15) is 9.59 Å². The number of rotatable bonds is 10. The third-order valence-corrected chi connectivity index (χ3v) is 7.14. The zero-order chi connectivity index (χ0) is 28.6. The van der Waals surface area contributed by atoms with Crippen molar-refractivity contribution in [3.63, 3.8) is 0 Å². The molecule has 41 heavy (non-hydrogen) atoms. The first-order chi connectivity index (χ1) is 20.0. The number of methoxy groups -OCH3 is 1.